The molecule has 15 heavy (non-hydrogen) atoms. The second kappa shape index (κ2) is 3.46. The number of hydrogen-bond donors (Lipinski definition) is 1. The molecule has 0 unspecified atom stereocenters. The van der Waals surface area contributed by atoms with E-state index in [1.807, 2.05) is 0 Å². The Morgan fingerprint density at radius 3 is 2.07 bits per heavy atom. The highest BCUT2D eigenvalue weighted by atomic mass is 16.3. The summed E-state index contributed by atoms with van der Waals surface area (Å²) in [6, 6.07) is 0. The summed E-state index contributed by atoms with van der Waals surface area (Å²) in [5.74, 6) is 0. The molecular weight excluding hydrogens is 186 g/mol. The third-order valence-electron chi connectivity index (χ3n) is 4.83. The van der Waals surface area contributed by atoms with Crippen LogP contribution in [-0.2, 0) is 0 Å². The van der Waals surface area contributed by atoms with E-state index < -0.39 is 0 Å². The van der Waals surface area contributed by atoms with Crippen molar-refractivity contribution in [2.45, 2.75) is 57.0 Å². The average molecular weight is 209 g/mol. The summed E-state index contributed by atoms with van der Waals surface area (Å²) < 4.78 is 0. The molecule has 3 aliphatic rings. The molecule has 86 valence electrons. The molecule has 0 aromatic rings. The molecule has 2 saturated carbocycles. The number of β-amino-alcohol motifs (C(OH)–C–C–N with tert-alkyl or cyclic N) is 1. The molecule has 0 amide bonds. The van der Waals surface area contributed by atoms with Gasteiger partial charge >= 0.3 is 0 Å². The summed E-state index contributed by atoms with van der Waals surface area (Å²) in [5, 5.41) is 10.4. The van der Waals surface area contributed by atoms with E-state index in [0.717, 1.165) is 19.4 Å². The molecule has 0 atom stereocenters. The maximum Gasteiger partial charge on any atom is 0.0774 e. The minimum atomic E-state index is -0.330. The van der Waals surface area contributed by atoms with E-state index in [4.69, 9.17) is 0 Å². The molecule has 0 bridgehead atoms. The Morgan fingerprint density at radius 2 is 1.53 bits per heavy atom. The average Bonchev–Trinajstić information content (AvgIpc) is 2.09. The fourth-order valence-electron chi connectivity index (χ4n) is 3.79. The van der Waals surface area contributed by atoms with Gasteiger partial charge in [-0.05, 0) is 31.1 Å². The van der Waals surface area contributed by atoms with Crippen LogP contribution in [0.15, 0.2) is 0 Å². The Hall–Kier alpha value is -0.0800. The van der Waals surface area contributed by atoms with Crippen molar-refractivity contribution in [2.75, 3.05) is 19.6 Å². The summed E-state index contributed by atoms with van der Waals surface area (Å²) in [4.78, 5) is 2.49. The van der Waals surface area contributed by atoms with Gasteiger partial charge in [0.1, 0.15) is 0 Å². The molecule has 3 rings (SSSR count). The first kappa shape index (κ1) is 10.1. The SMILES string of the molecule is OC1(CN2CC3(CCC3)C2)CCCCC1. The molecule has 0 aromatic carbocycles. The van der Waals surface area contributed by atoms with Crippen molar-refractivity contribution in [3.63, 3.8) is 0 Å². The fourth-order valence-corrected chi connectivity index (χ4v) is 3.79. The van der Waals surface area contributed by atoms with E-state index in [2.05, 4.69) is 4.90 Å². The fraction of sp³-hybridized carbons (Fsp3) is 1.00. The van der Waals surface area contributed by atoms with Crippen LogP contribution >= 0.6 is 0 Å². The Kier molecular flexibility index (Phi) is 2.33. The zero-order valence-electron chi connectivity index (χ0n) is 9.67. The quantitative estimate of drug-likeness (QED) is 0.753. The third-order valence-corrected chi connectivity index (χ3v) is 4.83. The van der Waals surface area contributed by atoms with E-state index in [9.17, 15) is 5.11 Å². The molecule has 3 fully saturated rings. The van der Waals surface area contributed by atoms with Crippen molar-refractivity contribution < 1.29 is 5.11 Å². The Labute approximate surface area is 92.7 Å². The molecular formula is C13H23NO. The van der Waals surface area contributed by atoms with Gasteiger partial charge in [0, 0.05) is 19.6 Å². The summed E-state index contributed by atoms with van der Waals surface area (Å²) in [6.45, 7) is 3.50. The van der Waals surface area contributed by atoms with E-state index in [1.165, 1.54) is 51.6 Å². The predicted octanol–water partition coefficient (Wildman–Crippen LogP) is 2.17. The molecule has 1 aliphatic heterocycles. The van der Waals surface area contributed by atoms with Crippen LogP contribution in [0, 0.1) is 5.41 Å². The molecule has 2 nitrogen and oxygen atoms in total. The molecule has 0 radical (unpaired) electrons. The van der Waals surface area contributed by atoms with Crippen LogP contribution < -0.4 is 0 Å². The molecule has 1 saturated heterocycles. The lowest BCUT2D eigenvalue weighted by atomic mass is 9.63. The minimum absolute atomic E-state index is 0.330. The second-order valence-corrected chi connectivity index (χ2v) is 6.28. The van der Waals surface area contributed by atoms with Gasteiger partial charge in [0.15, 0.2) is 0 Å². The monoisotopic (exact) mass is 209 g/mol. The summed E-state index contributed by atoms with van der Waals surface area (Å²) in [7, 11) is 0. The van der Waals surface area contributed by atoms with Crippen LogP contribution in [0.1, 0.15) is 51.4 Å². The van der Waals surface area contributed by atoms with Crippen molar-refractivity contribution >= 4 is 0 Å². The van der Waals surface area contributed by atoms with Crippen molar-refractivity contribution in [1.29, 1.82) is 0 Å². The highest BCUT2D eigenvalue weighted by Crippen LogP contribution is 2.48. The van der Waals surface area contributed by atoms with Gasteiger partial charge in [0.25, 0.3) is 0 Å². The van der Waals surface area contributed by atoms with Gasteiger partial charge in [0.2, 0.25) is 0 Å². The number of hydrogen-bond acceptors (Lipinski definition) is 2. The first-order valence-corrected chi connectivity index (χ1v) is 6.65. The zero-order chi connectivity index (χ0) is 10.4. The molecule has 1 spiro atoms. The largest absolute Gasteiger partial charge is 0.389 e. The minimum Gasteiger partial charge on any atom is -0.389 e. The Balaban J connectivity index is 1.49. The van der Waals surface area contributed by atoms with Crippen LogP contribution in [0.3, 0.4) is 0 Å². The second-order valence-electron chi connectivity index (χ2n) is 6.28. The van der Waals surface area contributed by atoms with E-state index >= 15 is 0 Å². The molecule has 0 aromatic heterocycles. The van der Waals surface area contributed by atoms with Crippen LogP contribution in [0.2, 0.25) is 0 Å². The van der Waals surface area contributed by atoms with Gasteiger partial charge in [-0.3, -0.25) is 4.90 Å². The number of likely N-dealkylation sites (tertiary alicyclic amines) is 1. The van der Waals surface area contributed by atoms with Crippen molar-refractivity contribution in [2.24, 2.45) is 5.41 Å². The Bertz CT molecular complexity index is 233. The van der Waals surface area contributed by atoms with Crippen LogP contribution in [-0.4, -0.2) is 35.2 Å². The molecule has 2 heteroatoms. The maximum atomic E-state index is 10.4. The van der Waals surface area contributed by atoms with Crippen molar-refractivity contribution in [3.05, 3.63) is 0 Å². The highest BCUT2D eigenvalue weighted by Gasteiger charge is 2.48. The zero-order valence-corrected chi connectivity index (χ0v) is 9.67. The lowest BCUT2D eigenvalue weighted by Gasteiger charge is -2.57. The number of nitrogens with zero attached hydrogens (tertiary/aromatic N) is 1. The van der Waals surface area contributed by atoms with E-state index in [0.29, 0.717) is 5.41 Å². The molecule has 1 N–H and O–H groups in total. The van der Waals surface area contributed by atoms with Crippen molar-refractivity contribution in [1.82, 2.24) is 4.90 Å². The standard InChI is InChI=1S/C13H23NO/c15-13(7-2-1-3-8-13)11-14-9-12(10-14)5-4-6-12/h15H,1-11H2. The molecule has 1 heterocycles. The topological polar surface area (TPSA) is 23.5 Å². The first-order valence-electron chi connectivity index (χ1n) is 6.65. The van der Waals surface area contributed by atoms with Gasteiger partial charge < -0.3 is 5.11 Å². The van der Waals surface area contributed by atoms with Gasteiger partial charge in [-0.25, -0.2) is 0 Å². The lowest BCUT2D eigenvalue weighted by molar-refractivity contribution is -0.110. The van der Waals surface area contributed by atoms with Crippen LogP contribution in [0.4, 0.5) is 0 Å². The van der Waals surface area contributed by atoms with Gasteiger partial charge in [-0.2, -0.15) is 0 Å². The normalized spacial score (nSPS) is 33.4. The summed E-state index contributed by atoms with van der Waals surface area (Å²) in [6.07, 6.45) is 10.2. The van der Waals surface area contributed by atoms with Gasteiger partial charge in [-0.15, -0.1) is 0 Å². The lowest BCUT2D eigenvalue weighted by Crippen LogP contribution is -2.62. The number of rotatable bonds is 2. The smallest absolute Gasteiger partial charge is 0.0774 e. The van der Waals surface area contributed by atoms with Crippen LogP contribution in [0.5, 0.6) is 0 Å². The molecule has 2 aliphatic carbocycles. The van der Waals surface area contributed by atoms with E-state index in [1.54, 1.807) is 0 Å². The summed E-state index contributed by atoms with van der Waals surface area (Å²) in [5.41, 5.74) is 0.384. The van der Waals surface area contributed by atoms with Gasteiger partial charge in [0.05, 0.1) is 5.60 Å². The third kappa shape index (κ3) is 1.83. The maximum absolute atomic E-state index is 10.4. The number of aliphatic hydroxyl groups is 1. The van der Waals surface area contributed by atoms with Crippen molar-refractivity contribution in [3.8, 4) is 0 Å². The predicted molar refractivity (Wildman–Crippen MR) is 60.8 cm³/mol. The Morgan fingerprint density at radius 1 is 0.867 bits per heavy atom. The highest BCUT2D eigenvalue weighted by molar-refractivity contribution is 5.02. The summed E-state index contributed by atoms with van der Waals surface area (Å²) >= 11 is 0. The van der Waals surface area contributed by atoms with Crippen LogP contribution in [0.25, 0.3) is 0 Å². The van der Waals surface area contributed by atoms with Gasteiger partial charge in [-0.1, -0.05) is 25.7 Å². The first-order chi connectivity index (χ1) is 7.20. The van der Waals surface area contributed by atoms with E-state index in [-0.39, 0.29) is 5.60 Å².